The normalized spacial score (nSPS) is 24.6. The van der Waals surface area contributed by atoms with Gasteiger partial charge in [0.2, 0.25) is 5.89 Å². The highest BCUT2D eigenvalue weighted by Crippen LogP contribution is 2.38. The minimum absolute atomic E-state index is 0.164. The van der Waals surface area contributed by atoms with Crippen molar-refractivity contribution in [3.05, 3.63) is 41.4 Å². The van der Waals surface area contributed by atoms with Gasteiger partial charge in [-0.2, -0.15) is 0 Å². The minimum atomic E-state index is -0.398. The van der Waals surface area contributed by atoms with Crippen molar-refractivity contribution in [1.29, 1.82) is 0 Å². The van der Waals surface area contributed by atoms with E-state index in [0.717, 1.165) is 18.6 Å². The maximum absolute atomic E-state index is 13.6. The van der Waals surface area contributed by atoms with E-state index in [1.165, 1.54) is 6.07 Å². The number of halogens is 1. The van der Waals surface area contributed by atoms with Crippen molar-refractivity contribution in [3.8, 4) is 5.75 Å². The van der Waals surface area contributed by atoms with Gasteiger partial charge in [-0.25, -0.2) is 4.39 Å². The molecule has 2 atom stereocenters. The quantitative estimate of drug-likeness (QED) is 0.843. The lowest BCUT2D eigenvalue weighted by Gasteiger charge is -2.05. The van der Waals surface area contributed by atoms with Gasteiger partial charge in [0.1, 0.15) is 0 Å². The molecule has 0 N–H and O–H groups in total. The van der Waals surface area contributed by atoms with Crippen LogP contribution in [0.25, 0.3) is 0 Å². The molecule has 20 heavy (non-hydrogen) atoms. The van der Waals surface area contributed by atoms with E-state index in [1.54, 1.807) is 6.07 Å². The highest BCUT2D eigenvalue weighted by Gasteiger charge is 2.32. The fourth-order valence-electron chi connectivity index (χ4n) is 2.64. The molecule has 1 aromatic carbocycles. The average molecular weight is 276 g/mol. The van der Waals surface area contributed by atoms with Crippen molar-refractivity contribution in [1.82, 2.24) is 10.2 Å². The van der Waals surface area contributed by atoms with Crippen molar-refractivity contribution < 1.29 is 18.3 Å². The summed E-state index contributed by atoms with van der Waals surface area (Å²) in [6, 6.07) is 4.91. The zero-order chi connectivity index (χ0) is 13.5. The fourth-order valence-corrected chi connectivity index (χ4v) is 2.64. The van der Waals surface area contributed by atoms with Crippen LogP contribution >= 0.6 is 0 Å². The van der Waals surface area contributed by atoms with E-state index in [9.17, 15) is 4.39 Å². The molecule has 104 valence electrons. The van der Waals surface area contributed by atoms with E-state index in [1.807, 2.05) is 6.07 Å². The highest BCUT2D eigenvalue weighted by molar-refractivity contribution is 5.39. The molecule has 0 saturated carbocycles. The fraction of sp³-hybridized carbons (Fsp3) is 0.429. The van der Waals surface area contributed by atoms with Gasteiger partial charge < -0.3 is 13.9 Å². The summed E-state index contributed by atoms with van der Waals surface area (Å²) in [6.45, 7) is 1.33. The second-order valence-electron chi connectivity index (χ2n) is 5.08. The Labute approximate surface area is 114 Å². The van der Waals surface area contributed by atoms with Crippen molar-refractivity contribution in [2.24, 2.45) is 0 Å². The molecule has 0 unspecified atom stereocenters. The monoisotopic (exact) mass is 276 g/mol. The van der Waals surface area contributed by atoms with Crippen LogP contribution in [0.1, 0.15) is 35.8 Å². The molecule has 0 radical (unpaired) electrons. The summed E-state index contributed by atoms with van der Waals surface area (Å²) in [5.41, 5.74) is 0.832. The summed E-state index contributed by atoms with van der Waals surface area (Å²) < 4.78 is 30.2. The number of hydrogen-bond donors (Lipinski definition) is 0. The first-order valence-electron chi connectivity index (χ1n) is 6.66. The van der Waals surface area contributed by atoms with Crippen LogP contribution in [0.3, 0.4) is 0 Å². The molecule has 2 aliphatic heterocycles. The zero-order valence-electron chi connectivity index (χ0n) is 10.7. The molecule has 2 aliphatic rings. The van der Waals surface area contributed by atoms with E-state index < -0.39 is 6.10 Å². The zero-order valence-corrected chi connectivity index (χ0v) is 10.7. The summed E-state index contributed by atoms with van der Waals surface area (Å²) in [4.78, 5) is 0. The summed E-state index contributed by atoms with van der Waals surface area (Å²) in [5.74, 6) is 1.09. The standard InChI is InChI=1S/C14H13FN2O3/c15-10-3-1-2-8-6-11(19-12(8)10)14-17-16-13(20-14)9-4-5-18-7-9/h1-3,9,11H,4-7H2/t9-,11-/m1/s1. The SMILES string of the molecule is Fc1cccc2c1O[C@@H](c1nnc([C@@H]3CCOC3)o1)C2. The van der Waals surface area contributed by atoms with Gasteiger partial charge in [0, 0.05) is 18.6 Å². The van der Waals surface area contributed by atoms with Gasteiger partial charge in [0.15, 0.2) is 17.7 Å². The average Bonchev–Trinajstić information content (AvgIpc) is 3.18. The van der Waals surface area contributed by atoms with Gasteiger partial charge in [0.25, 0.3) is 5.89 Å². The Morgan fingerprint density at radius 3 is 2.90 bits per heavy atom. The van der Waals surface area contributed by atoms with Gasteiger partial charge >= 0.3 is 0 Å². The molecule has 1 aromatic heterocycles. The summed E-state index contributed by atoms with van der Waals surface area (Å²) >= 11 is 0. The Kier molecular flexibility index (Phi) is 2.70. The predicted molar refractivity (Wildman–Crippen MR) is 65.9 cm³/mol. The van der Waals surface area contributed by atoms with Crippen LogP contribution in [0.5, 0.6) is 5.75 Å². The van der Waals surface area contributed by atoms with E-state index in [2.05, 4.69) is 10.2 Å². The molecule has 0 aliphatic carbocycles. The number of rotatable bonds is 2. The van der Waals surface area contributed by atoms with Crippen molar-refractivity contribution >= 4 is 0 Å². The third kappa shape index (κ3) is 1.87. The maximum Gasteiger partial charge on any atom is 0.257 e. The summed E-state index contributed by atoms with van der Waals surface area (Å²) in [6.07, 6.45) is 1.04. The second kappa shape index (κ2) is 4.56. The van der Waals surface area contributed by atoms with Crippen LogP contribution in [-0.2, 0) is 11.2 Å². The van der Waals surface area contributed by atoms with E-state index in [-0.39, 0.29) is 11.7 Å². The third-order valence-corrected chi connectivity index (χ3v) is 3.72. The third-order valence-electron chi connectivity index (χ3n) is 3.72. The lowest BCUT2D eigenvalue weighted by Crippen LogP contribution is -2.03. The second-order valence-corrected chi connectivity index (χ2v) is 5.08. The molecule has 0 spiro atoms. The minimum Gasteiger partial charge on any atom is -0.477 e. The molecule has 0 amide bonds. The predicted octanol–water partition coefficient (Wildman–Crippen LogP) is 2.39. The first-order valence-corrected chi connectivity index (χ1v) is 6.66. The number of fused-ring (bicyclic) bond motifs is 1. The summed E-state index contributed by atoms with van der Waals surface area (Å²) in [5, 5.41) is 8.09. The molecule has 0 bridgehead atoms. The molecule has 1 saturated heterocycles. The number of para-hydroxylation sites is 1. The Balaban J connectivity index is 1.57. The molecule has 4 rings (SSSR count). The van der Waals surface area contributed by atoms with Crippen LogP contribution in [0.15, 0.2) is 22.6 Å². The Morgan fingerprint density at radius 1 is 1.20 bits per heavy atom. The largest absolute Gasteiger partial charge is 0.477 e. The lowest BCUT2D eigenvalue weighted by molar-refractivity contribution is 0.179. The number of hydrogen-bond acceptors (Lipinski definition) is 5. The van der Waals surface area contributed by atoms with Gasteiger partial charge in [0.05, 0.1) is 12.5 Å². The number of aromatic nitrogens is 2. The molecule has 2 aromatic rings. The smallest absolute Gasteiger partial charge is 0.257 e. The number of ether oxygens (including phenoxy) is 2. The molecular weight excluding hydrogens is 263 g/mol. The lowest BCUT2D eigenvalue weighted by atomic mass is 10.1. The summed E-state index contributed by atoms with van der Waals surface area (Å²) in [7, 11) is 0. The van der Waals surface area contributed by atoms with Crippen molar-refractivity contribution in [3.63, 3.8) is 0 Å². The highest BCUT2D eigenvalue weighted by atomic mass is 19.1. The van der Waals surface area contributed by atoms with Crippen LogP contribution in [0, 0.1) is 5.82 Å². The van der Waals surface area contributed by atoms with Gasteiger partial charge in [-0.15, -0.1) is 10.2 Å². The van der Waals surface area contributed by atoms with Crippen LogP contribution in [0.4, 0.5) is 4.39 Å². The topological polar surface area (TPSA) is 57.4 Å². The molecule has 1 fully saturated rings. The van der Waals surface area contributed by atoms with E-state index >= 15 is 0 Å². The number of benzene rings is 1. The maximum atomic E-state index is 13.6. The molecular formula is C14H13FN2O3. The molecule has 3 heterocycles. The van der Waals surface area contributed by atoms with E-state index in [4.69, 9.17) is 13.9 Å². The Bertz CT molecular complexity index is 637. The first-order chi connectivity index (χ1) is 9.81. The first kappa shape index (κ1) is 11.8. The van der Waals surface area contributed by atoms with Crippen LogP contribution in [0.2, 0.25) is 0 Å². The molecule has 6 heteroatoms. The van der Waals surface area contributed by atoms with Crippen molar-refractivity contribution in [2.45, 2.75) is 24.9 Å². The van der Waals surface area contributed by atoms with E-state index in [0.29, 0.717) is 30.6 Å². The van der Waals surface area contributed by atoms with Gasteiger partial charge in [-0.05, 0) is 12.5 Å². The van der Waals surface area contributed by atoms with Crippen molar-refractivity contribution in [2.75, 3.05) is 13.2 Å². The van der Waals surface area contributed by atoms with Gasteiger partial charge in [-0.1, -0.05) is 12.1 Å². The van der Waals surface area contributed by atoms with Gasteiger partial charge in [-0.3, -0.25) is 0 Å². The Morgan fingerprint density at radius 2 is 2.10 bits per heavy atom. The molecule has 5 nitrogen and oxygen atoms in total. The van der Waals surface area contributed by atoms with Crippen LogP contribution < -0.4 is 4.74 Å². The van der Waals surface area contributed by atoms with Crippen LogP contribution in [-0.4, -0.2) is 23.4 Å². The Hall–Kier alpha value is -1.95. The number of nitrogens with zero attached hydrogens (tertiary/aromatic N) is 2.